The van der Waals surface area contributed by atoms with E-state index in [4.69, 9.17) is 5.11 Å². The van der Waals surface area contributed by atoms with E-state index < -0.39 is 0 Å². The fourth-order valence-corrected chi connectivity index (χ4v) is 1.34. The van der Waals surface area contributed by atoms with Crippen molar-refractivity contribution in [3.63, 3.8) is 0 Å². The first kappa shape index (κ1) is 14.5. The summed E-state index contributed by atoms with van der Waals surface area (Å²) < 4.78 is 0. The molecular weight excluding hydrogens is 202 g/mol. The highest BCUT2D eigenvalue weighted by Crippen LogP contribution is 2.07. The van der Waals surface area contributed by atoms with Crippen LogP contribution in [0.25, 0.3) is 0 Å². The molecule has 0 aliphatic carbocycles. The first-order valence-electron chi connectivity index (χ1n) is 5.52. The molecule has 0 aliphatic rings. The van der Waals surface area contributed by atoms with Gasteiger partial charge in [0.2, 0.25) is 6.41 Å². The van der Waals surface area contributed by atoms with Crippen molar-refractivity contribution in [1.29, 1.82) is 0 Å². The first-order chi connectivity index (χ1) is 7.61. The molecule has 0 radical (unpaired) electrons. The molecule has 0 bridgehead atoms. The lowest BCUT2D eigenvalue weighted by molar-refractivity contribution is -0.116. The predicted octanol–water partition coefficient (Wildman–Crippen LogP) is 3.17. The van der Waals surface area contributed by atoms with Crippen molar-refractivity contribution >= 4 is 6.41 Å². The Morgan fingerprint density at radius 3 is 2.50 bits per heavy atom. The van der Waals surface area contributed by atoms with Gasteiger partial charge in [-0.1, -0.05) is 25.7 Å². The largest absolute Gasteiger partial charge is 0.513 e. The van der Waals surface area contributed by atoms with E-state index in [0.717, 1.165) is 25.7 Å². The van der Waals surface area contributed by atoms with Crippen LogP contribution in [0.15, 0.2) is 36.8 Å². The molecule has 0 saturated carbocycles. The second-order valence-electron chi connectivity index (χ2n) is 3.67. The maximum absolute atomic E-state index is 10.8. The van der Waals surface area contributed by atoms with Gasteiger partial charge >= 0.3 is 0 Å². The van der Waals surface area contributed by atoms with Crippen LogP contribution >= 0.6 is 0 Å². The summed E-state index contributed by atoms with van der Waals surface area (Å²) in [5, 5.41) is 8.88. The SMILES string of the molecule is C=C(O)CCCCCN(C=O)C(=C)/C=C\C. The summed E-state index contributed by atoms with van der Waals surface area (Å²) in [5.74, 6) is 0.227. The van der Waals surface area contributed by atoms with Crippen LogP contribution in [0, 0.1) is 0 Å². The second kappa shape index (κ2) is 8.77. The number of carbonyl (C=O) groups excluding carboxylic acids is 1. The molecule has 0 aliphatic heterocycles. The van der Waals surface area contributed by atoms with E-state index in [1.54, 1.807) is 4.90 Å². The fraction of sp³-hybridized carbons (Fsp3) is 0.462. The van der Waals surface area contributed by atoms with Gasteiger partial charge in [-0.05, 0) is 25.8 Å². The molecule has 1 amide bonds. The molecule has 0 heterocycles. The summed E-state index contributed by atoms with van der Waals surface area (Å²) in [6.07, 6.45) is 7.87. The van der Waals surface area contributed by atoms with E-state index in [-0.39, 0.29) is 5.76 Å². The molecule has 0 aromatic carbocycles. The Morgan fingerprint density at radius 2 is 2.00 bits per heavy atom. The highest BCUT2D eigenvalue weighted by Gasteiger charge is 2.02. The average Bonchev–Trinajstić information content (AvgIpc) is 2.23. The highest BCUT2D eigenvalue weighted by atomic mass is 16.3. The lowest BCUT2D eigenvalue weighted by Crippen LogP contribution is -2.20. The van der Waals surface area contributed by atoms with Gasteiger partial charge in [0.1, 0.15) is 0 Å². The van der Waals surface area contributed by atoms with Gasteiger partial charge in [-0.15, -0.1) is 0 Å². The molecule has 0 rings (SSSR count). The van der Waals surface area contributed by atoms with Crippen LogP contribution in [0.5, 0.6) is 0 Å². The predicted molar refractivity (Wildman–Crippen MR) is 67.0 cm³/mol. The van der Waals surface area contributed by atoms with Crippen LogP contribution in [-0.4, -0.2) is 23.0 Å². The Balaban J connectivity index is 3.75. The molecule has 1 N–H and O–H groups in total. The van der Waals surface area contributed by atoms with Gasteiger partial charge in [-0.3, -0.25) is 4.79 Å². The van der Waals surface area contributed by atoms with Gasteiger partial charge in [0, 0.05) is 18.7 Å². The Bertz CT molecular complexity index is 269. The number of carbonyl (C=O) groups is 1. The standard InChI is InChI=1S/C13H21NO2/c1-4-8-12(2)14(11-15)10-7-5-6-9-13(3)16/h4,8,11,16H,2-3,5-7,9-10H2,1H3/b8-4-. The van der Waals surface area contributed by atoms with Crippen molar-refractivity contribution in [2.75, 3.05) is 6.54 Å². The summed E-state index contributed by atoms with van der Waals surface area (Å²) >= 11 is 0. The topological polar surface area (TPSA) is 40.5 Å². The monoisotopic (exact) mass is 223 g/mol. The molecule has 0 spiro atoms. The van der Waals surface area contributed by atoms with E-state index in [1.165, 1.54) is 0 Å². The smallest absolute Gasteiger partial charge is 0.214 e. The molecule has 90 valence electrons. The number of nitrogens with zero attached hydrogens (tertiary/aromatic N) is 1. The average molecular weight is 223 g/mol. The Labute approximate surface area is 97.8 Å². The van der Waals surface area contributed by atoms with Gasteiger partial charge in [-0.25, -0.2) is 0 Å². The van der Waals surface area contributed by atoms with Gasteiger partial charge in [0.15, 0.2) is 0 Å². The molecule has 0 unspecified atom stereocenters. The number of allylic oxidation sites excluding steroid dienone is 3. The third kappa shape index (κ3) is 6.87. The Kier molecular flexibility index (Phi) is 7.94. The normalized spacial score (nSPS) is 10.3. The number of aliphatic hydroxyl groups excluding tert-OH is 1. The lowest BCUT2D eigenvalue weighted by atomic mass is 10.1. The van der Waals surface area contributed by atoms with Crippen LogP contribution in [-0.2, 0) is 4.79 Å². The van der Waals surface area contributed by atoms with Crippen molar-refractivity contribution in [3.8, 4) is 0 Å². The Morgan fingerprint density at radius 1 is 1.31 bits per heavy atom. The van der Waals surface area contributed by atoms with Gasteiger partial charge in [0.05, 0.1) is 5.76 Å². The molecule has 0 saturated heterocycles. The number of aliphatic hydroxyl groups is 1. The fourth-order valence-electron chi connectivity index (χ4n) is 1.34. The molecule has 0 aromatic heterocycles. The molecule has 3 nitrogen and oxygen atoms in total. The van der Waals surface area contributed by atoms with E-state index >= 15 is 0 Å². The lowest BCUT2D eigenvalue weighted by Gasteiger charge is -2.17. The second-order valence-corrected chi connectivity index (χ2v) is 3.67. The third-order valence-electron chi connectivity index (χ3n) is 2.22. The zero-order chi connectivity index (χ0) is 12.4. The zero-order valence-electron chi connectivity index (χ0n) is 9.98. The minimum atomic E-state index is 0.227. The van der Waals surface area contributed by atoms with E-state index in [9.17, 15) is 4.79 Å². The van der Waals surface area contributed by atoms with Crippen LogP contribution in [0.1, 0.15) is 32.6 Å². The number of rotatable bonds is 9. The summed E-state index contributed by atoms with van der Waals surface area (Å²) in [5.41, 5.74) is 0.712. The van der Waals surface area contributed by atoms with Crippen molar-refractivity contribution in [1.82, 2.24) is 4.90 Å². The summed E-state index contributed by atoms with van der Waals surface area (Å²) in [6, 6.07) is 0. The molecule has 3 heteroatoms. The van der Waals surface area contributed by atoms with E-state index in [2.05, 4.69) is 13.2 Å². The molecule has 0 aromatic rings. The highest BCUT2D eigenvalue weighted by molar-refractivity contribution is 5.52. The minimum absolute atomic E-state index is 0.227. The number of hydrogen-bond donors (Lipinski definition) is 1. The van der Waals surface area contributed by atoms with E-state index in [1.807, 2.05) is 19.1 Å². The van der Waals surface area contributed by atoms with Gasteiger partial charge < -0.3 is 10.0 Å². The molecule has 16 heavy (non-hydrogen) atoms. The quantitative estimate of drug-likeness (QED) is 0.282. The molecule has 0 fully saturated rings. The summed E-state index contributed by atoms with van der Waals surface area (Å²) in [7, 11) is 0. The third-order valence-corrected chi connectivity index (χ3v) is 2.22. The van der Waals surface area contributed by atoms with Crippen molar-refractivity contribution in [2.24, 2.45) is 0 Å². The number of unbranched alkanes of at least 4 members (excludes halogenated alkanes) is 2. The van der Waals surface area contributed by atoms with Crippen LogP contribution in [0.2, 0.25) is 0 Å². The van der Waals surface area contributed by atoms with Crippen molar-refractivity contribution < 1.29 is 9.90 Å². The number of hydrogen-bond acceptors (Lipinski definition) is 2. The van der Waals surface area contributed by atoms with Crippen molar-refractivity contribution in [2.45, 2.75) is 32.6 Å². The Hall–Kier alpha value is -1.51. The minimum Gasteiger partial charge on any atom is -0.513 e. The summed E-state index contributed by atoms with van der Waals surface area (Å²) in [4.78, 5) is 12.4. The van der Waals surface area contributed by atoms with Gasteiger partial charge in [0.25, 0.3) is 0 Å². The molecular formula is C13H21NO2. The zero-order valence-corrected chi connectivity index (χ0v) is 9.98. The molecule has 0 atom stereocenters. The maximum atomic E-state index is 10.8. The van der Waals surface area contributed by atoms with Crippen molar-refractivity contribution in [3.05, 3.63) is 36.8 Å². The van der Waals surface area contributed by atoms with Gasteiger partial charge in [-0.2, -0.15) is 0 Å². The van der Waals surface area contributed by atoms with Crippen LogP contribution in [0.4, 0.5) is 0 Å². The maximum Gasteiger partial charge on any atom is 0.214 e. The first-order valence-corrected chi connectivity index (χ1v) is 5.52. The van der Waals surface area contributed by atoms with E-state index in [0.29, 0.717) is 18.7 Å². The van der Waals surface area contributed by atoms with Crippen LogP contribution < -0.4 is 0 Å². The van der Waals surface area contributed by atoms with Crippen LogP contribution in [0.3, 0.4) is 0 Å². The number of amides is 1. The summed E-state index contributed by atoms with van der Waals surface area (Å²) in [6.45, 7) is 9.78.